The smallest absolute Gasteiger partial charge is 0.161 e. The first-order chi connectivity index (χ1) is 15.6. The average Bonchev–Trinajstić information content (AvgIpc) is 3.40. The van der Waals surface area contributed by atoms with Crippen LogP contribution in [0.5, 0.6) is 0 Å². The van der Waals surface area contributed by atoms with Crippen LogP contribution in [0.3, 0.4) is 0 Å². The van der Waals surface area contributed by atoms with Crippen molar-refractivity contribution in [2.45, 2.75) is 112 Å². The number of ether oxygens (including phenoxy) is 6. The van der Waals surface area contributed by atoms with E-state index < -0.39 is 0 Å². The average molecular weight is 473 g/mol. The van der Waals surface area contributed by atoms with Crippen molar-refractivity contribution < 1.29 is 42.5 Å². The number of rotatable bonds is 8. The highest BCUT2D eigenvalue weighted by molar-refractivity contribution is 7.75. The first-order valence-electron chi connectivity index (χ1n) is 11.9. The highest BCUT2D eigenvalue weighted by atomic mass is 32.1. The number of thiol groups is 1. The molecule has 9 nitrogen and oxygen atoms in total. The fraction of sp³-hybridized carbons (Fsp3) is 0.955. The van der Waals surface area contributed by atoms with Crippen LogP contribution < -0.4 is 0 Å². The van der Waals surface area contributed by atoms with Crippen LogP contribution in [0.2, 0.25) is 0 Å². The molecule has 7 heterocycles. The zero-order chi connectivity index (χ0) is 21.8. The Morgan fingerprint density at radius 1 is 0.906 bits per heavy atom. The molecule has 0 radical (unpaired) electrons. The Morgan fingerprint density at radius 3 is 2.50 bits per heavy atom. The third-order valence-corrected chi connectivity index (χ3v) is 8.17. The Labute approximate surface area is 192 Å². The number of fused-ring (bicyclic) bond motifs is 1. The molecule has 0 aromatic carbocycles. The maximum absolute atomic E-state index is 12.8. The van der Waals surface area contributed by atoms with Crippen molar-refractivity contribution in [1.29, 1.82) is 0 Å². The van der Waals surface area contributed by atoms with Crippen LogP contribution >= 0.6 is 12.9 Å². The Balaban J connectivity index is 1.01. The molecule has 0 aliphatic carbocycles. The van der Waals surface area contributed by atoms with Crippen LogP contribution in [0.25, 0.3) is 0 Å². The maximum Gasteiger partial charge on any atom is 0.161 e. The van der Waals surface area contributed by atoms with Gasteiger partial charge in [0.25, 0.3) is 0 Å². The Morgan fingerprint density at radius 2 is 1.66 bits per heavy atom. The van der Waals surface area contributed by atoms with Gasteiger partial charge >= 0.3 is 0 Å². The largest absolute Gasteiger partial charge is 0.394 e. The lowest BCUT2D eigenvalue weighted by atomic mass is 9.86. The summed E-state index contributed by atoms with van der Waals surface area (Å²) in [6.07, 6.45) is 3.30. The molecule has 7 aliphatic rings. The van der Waals surface area contributed by atoms with Crippen molar-refractivity contribution >= 4 is 18.7 Å². The minimum absolute atomic E-state index is 0.00721. The molecule has 0 amide bonds. The highest BCUT2D eigenvalue weighted by Gasteiger charge is 2.64. The van der Waals surface area contributed by atoms with Crippen molar-refractivity contribution in [3.05, 3.63) is 0 Å². The maximum atomic E-state index is 12.8. The van der Waals surface area contributed by atoms with E-state index in [0.717, 1.165) is 25.7 Å². The minimum Gasteiger partial charge on any atom is -0.394 e. The second-order valence-electron chi connectivity index (χ2n) is 10.1. The summed E-state index contributed by atoms with van der Waals surface area (Å²) in [5.74, 6) is 0.394. The molecule has 180 valence electrons. The Kier molecular flexibility index (Phi) is 6.27. The van der Waals surface area contributed by atoms with Gasteiger partial charge in [0.15, 0.2) is 6.29 Å². The number of carbonyl (C=O) groups excluding carboxylic acids is 1. The van der Waals surface area contributed by atoms with Gasteiger partial charge in [0.1, 0.15) is 36.3 Å². The van der Waals surface area contributed by atoms with Crippen LogP contribution in [-0.2, 0) is 37.4 Å². The number of ketones is 1. The van der Waals surface area contributed by atoms with Crippen molar-refractivity contribution in [3.63, 3.8) is 0 Å². The molecule has 10 heteroatoms. The molecule has 6 bridgehead atoms. The number of hydrogen-bond acceptors (Lipinski definition) is 10. The van der Waals surface area contributed by atoms with E-state index in [-0.39, 0.29) is 85.6 Å². The van der Waals surface area contributed by atoms with Gasteiger partial charge in [-0.3, -0.25) is 4.79 Å². The van der Waals surface area contributed by atoms with Crippen LogP contribution in [0.15, 0.2) is 0 Å². The molecule has 0 aromatic rings. The van der Waals surface area contributed by atoms with Gasteiger partial charge in [-0.2, -0.15) is 0 Å². The van der Waals surface area contributed by atoms with E-state index >= 15 is 0 Å². The molecule has 0 spiro atoms. The standard InChI is InChI=1S/C22H32O9S/c23-8-14(31-32)6-13-4-10(9-25-13)3-11(24)5-12-1-2-15-18(26-12)21-22-20(27-15)19-16(28-22)7-17(29-19)30-21/h10,12-23,32H,1-9H2/t10-,12-,13+,14+,15+,16-,17+,18+,19?,20?,21+,22-/m1/s1. The monoisotopic (exact) mass is 472 g/mol. The lowest BCUT2D eigenvalue weighted by molar-refractivity contribution is -0.264. The van der Waals surface area contributed by atoms with Crippen molar-refractivity contribution in [2.24, 2.45) is 5.92 Å². The molecule has 2 unspecified atom stereocenters. The fourth-order valence-corrected chi connectivity index (χ4v) is 6.58. The van der Waals surface area contributed by atoms with E-state index in [1.807, 2.05) is 0 Å². The molecule has 12 atom stereocenters. The van der Waals surface area contributed by atoms with Gasteiger partial charge in [0.05, 0.1) is 43.7 Å². The summed E-state index contributed by atoms with van der Waals surface area (Å²) < 4.78 is 41.9. The normalized spacial score (nSPS) is 49.8. The van der Waals surface area contributed by atoms with Gasteiger partial charge in [-0.15, -0.1) is 0 Å². The van der Waals surface area contributed by atoms with Gasteiger partial charge in [-0.05, 0) is 38.1 Å². The third-order valence-electron chi connectivity index (χ3n) is 7.87. The Bertz CT molecular complexity index is 705. The zero-order valence-corrected chi connectivity index (χ0v) is 18.8. The van der Waals surface area contributed by atoms with E-state index in [0.29, 0.717) is 25.9 Å². The summed E-state index contributed by atoms with van der Waals surface area (Å²) in [5, 5.41) is 9.25. The van der Waals surface area contributed by atoms with E-state index in [4.69, 9.17) is 32.6 Å². The lowest BCUT2D eigenvalue weighted by Crippen LogP contribution is -2.61. The molecule has 7 saturated heterocycles. The topological polar surface area (TPSA) is 102 Å². The summed E-state index contributed by atoms with van der Waals surface area (Å²) in [6, 6.07) is 0. The molecule has 0 saturated carbocycles. The molecule has 7 aliphatic heterocycles. The quantitative estimate of drug-likeness (QED) is 0.395. The van der Waals surface area contributed by atoms with Crippen LogP contribution in [0.1, 0.15) is 44.9 Å². The van der Waals surface area contributed by atoms with Gasteiger partial charge in [0, 0.05) is 25.7 Å². The summed E-state index contributed by atoms with van der Waals surface area (Å²) in [5.41, 5.74) is 0. The molecule has 1 N–H and O–H groups in total. The molecule has 32 heavy (non-hydrogen) atoms. The van der Waals surface area contributed by atoms with Gasteiger partial charge < -0.3 is 37.7 Å². The highest BCUT2D eigenvalue weighted by Crippen LogP contribution is 2.48. The SMILES string of the molecule is O=C(C[C@H]1CO[C@H](C[C@@H](CO)OS)C1)C[C@H]1CC[C@@H]2OC3C4O[C@@H]5C[C@H]4O[C@H]3[C@@H](O5)[C@H]2O1. The summed E-state index contributed by atoms with van der Waals surface area (Å²) in [7, 11) is 0. The predicted molar refractivity (Wildman–Crippen MR) is 111 cm³/mol. The Hall–Kier alpha value is -0.300. The number of aliphatic hydroxyl groups is 1. The van der Waals surface area contributed by atoms with E-state index in [2.05, 4.69) is 12.9 Å². The predicted octanol–water partition coefficient (Wildman–Crippen LogP) is 0.949. The second kappa shape index (κ2) is 9.05. The van der Waals surface area contributed by atoms with Crippen molar-refractivity contribution in [3.8, 4) is 0 Å². The fourth-order valence-electron chi connectivity index (χ4n) is 6.42. The number of carbonyl (C=O) groups is 1. The van der Waals surface area contributed by atoms with Gasteiger partial charge in [-0.25, -0.2) is 0 Å². The van der Waals surface area contributed by atoms with Crippen LogP contribution in [-0.4, -0.2) is 91.4 Å². The van der Waals surface area contributed by atoms with E-state index in [1.54, 1.807) is 0 Å². The summed E-state index contributed by atoms with van der Waals surface area (Å²) in [6.45, 7) is 0.467. The number of aliphatic hydroxyl groups excluding tert-OH is 1. The molecule has 7 rings (SSSR count). The molecular formula is C22H32O9S. The molecular weight excluding hydrogens is 440 g/mol. The molecule has 0 aromatic heterocycles. The van der Waals surface area contributed by atoms with Gasteiger partial charge in [0.2, 0.25) is 0 Å². The summed E-state index contributed by atoms with van der Waals surface area (Å²) >= 11 is 3.79. The van der Waals surface area contributed by atoms with E-state index in [1.165, 1.54) is 0 Å². The number of Topliss-reactive ketones (excluding diaryl/α,β-unsaturated/α-hetero) is 1. The first-order valence-corrected chi connectivity index (χ1v) is 12.3. The first kappa shape index (κ1) is 22.2. The third kappa shape index (κ3) is 4.05. The van der Waals surface area contributed by atoms with Crippen LogP contribution in [0, 0.1) is 5.92 Å². The van der Waals surface area contributed by atoms with Crippen LogP contribution in [0.4, 0.5) is 0 Å². The van der Waals surface area contributed by atoms with Crippen molar-refractivity contribution in [2.75, 3.05) is 13.2 Å². The van der Waals surface area contributed by atoms with Gasteiger partial charge in [-0.1, -0.05) is 0 Å². The number of hydrogen-bond donors (Lipinski definition) is 2. The summed E-state index contributed by atoms with van der Waals surface area (Å²) in [4.78, 5) is 12.8. The zero-order valence-electron chi connectivity index (χ0n) is 18.0. The lowest BCUT2D eigenvalue weighted by Gasteiger charge is -2.46. The van der Waals surface area contributed by atoms with Crippen molar-refractivity contribution in [1.82, 2.24) is 0 Å². The molecule has 7 fully saturated rings. The minimum atomic E-state index is -0.347. The second-order valence-corrected chi connectivity index (χ2v) is 10.3. The van der Waals surface area contributed by atoms with E-state index in [9.17, 15) is 9.90 Å².